The molecule has 1 aliphatic rings. The summed E-state index contributed by atoms with van der Waals surface area (Å²) in [4.78, 5) is 9.00. The van der Waals surface area contributed by atoms with Crippen molar-refractivity contribution < 1.29 is 0 Å². The van der Waals surface area contributed by atoms with E-state index in [1.165, 1.54) is 0 Å². The third-order valence-corrected chi connectivity index (χ3v) is 3.93. The van der Waals surface area contributed by atoms with Crippen molar-refractivity contribution in [2.45, 2.75) is 25.7 Å². The molecule has 1 heterocycles. The summed E-state index contributed by atoms with van der Waals surface area (Å²) < 4.78 is 0. The van der Waals surface area contributed by atoms with E-state index in [4.69, 9.17) is 28.9 Å². The van der Waals surface area contributed by atoms with E-state index in [-0.39, 0.29) is 0 Å². The van der Waals surface area contributed by atoms with Gasteiger partial charge in [0, 0.05) is 21.8 Å². The average molecular weight is 294 g/mol. The molecule has 0 amide bonds. The van der Waals surface area contributed by atoms with Gasteiger partial charge in [0.2, 0.25) is 0 Å². The molecule has 0 aliphatic heterocycles. The molecule has 0 fully saturated rings. The Morgan fingerprint density at radius 3 is 2.63 bits per heavy atom. The average Bonchev–Trinajstić information content (AvgIpc) is 2.38. The number of nitrogen functional groups attached to an aromatic ring is 1. The van der Waals surface area contributed by atoms with Gasteiger partial charge in [0.25, 0.3) is 0 Å². The number of hydrogen-bond donors (Lipinski definition) is 1. The quantitative estimate of drug-likeness (QED) is 0.867. The summed E-state index contributed by atoms with van der Waals surface area (Å²) in [6.07, 6.45) is 4.23. The highest BCUT2D eigenvalue weighted by atomic mass is 35.5. The van der Waals surface area contributed by atoms with E-state index in [9.17, 15) is 0 Å². The highest BCUT2D eigenvalue weighted by Crippen LogP contribution is 2.31. The smallest absolute Gasteiger partial charge is 0.163 e. The zero-order valence-electron chi connectivity index (χ0n) is 10.3. The van der Waals surface area contributed by atoms with Crippen molar-refractivity contribution in [3.05, 3.63) is 39.5 Å². The Morgan fingerprint density at radius 2 is 1.84 bits per heavy atom. The lowest BCUT2D eigenvalue weighted by Crippen LogP contribution is -2.11. The molecule has 0 bridgehead atoms. The van der Waals surface area contributed by atoms with Crippen LogP contribution in [0.3, 0.4) is 0 Å². The van der Waals surface area contributed by atoms with Gasteiger partial charge in [-0.05, 0) is 43.9 Å². The standard InChI is InChI=1S/C14H13Cl2N3/c15-8-5-6-9(11(16)7-8)14-18-12-4-2-1-3-10(12)13(17)19-14/h5-7H,1-4H2,(H2,17,18,19). The number of aromatic nitrogens is 2. The maximum Gasteiger partial charge on any atom is 0.163 e. The Balaban J connectivity index is 2.13. The number of hydrogen-bond acceptors (Lipinski definition) is 3. The SMILES string of the molecule is Nc1nc(-c2ccc(Cl)cc2Cl)nc2c1CCCC2. The second-order valence-corrected chi connectivity index (χ2v) is 5.53. The zero-order valence-corrected chi connectivity index (χ0v) is 11.8. The predicted octanol–water partition coefficient (Wildman–Crippen LogP) is 3.91. The summed E-state index contributed by atoms with van der Waals surface area (Å²) in [5.41, 5.74) is 8.96. The van der Waals surface area contributed by atoms with Crippen molar-refractivity contribution in [3.63, 3.8) is 0 Å². The number of benzene rings is 1. The number of aryl methyl sites for hydroxylation is 1. The molecule has 1 aliphatic carbocycles. The predicted molar refractivity (Wildman–Crippen MR) is 78.5 cm³/mol. The molecule has 2 N–H and O–H groups in total. The molecule has 3 nitrogen and oxygen atoms in total. The lowest BCUT2D eigenvalue weighted by molar-refractivity contribution is 0.666. The highest BCUT2D eigenvalue weighted by Gasteiger charge is 2.17. The first-order valence-electron chi connectivity index (χ1n) is 6.26. The maximum absolute atomic E-state index is 6.19. The lowest BCUT2D eigenvalue weighted by Gasteiger charge is -2.17. The van der Waals surface area contributed by atoms with E-state index in [1.54, 1.807) is 12.1 Å². The van der Waals surface area contributed by atoms with E-state index in [2.05, 4.69) is 9.97 Å². The molecule has 5 heteroatoms. The zero-order chi connectivity index (χ0) is 13.4. The highest BCUT2D eigenvalue weighted by molar-refractivity contribution is 6.36. The normalized spacial score (nSPS) is 14.2. The summed E-state index contributed by atoms with van der Waals surface area (Å²) in [6.45, 7) is 0. The number of nitrogens with zero attached hydrogens (tertiary/aromatic N) is 2. The molecule has 3 rings (SSSR count). The van der Waals surface area contributed by atoms with E-state index in [0.717, 1.165) is 42.5 Å². The Morgan fingerprint density at radius 1 is 1.05 bits per heavy atom. The van der Waals surface area contributed by atoms with Crippen LogP contribution in [0.4, 0.5) is 5.82 Å². The summed E-state index contributed by atoms with van der Waals surface area (Å²) in [5, 5.41) is 1.14. The van der Waals surface area contributed by atoms with Crippen LogP contribution in [0.15, 0.2) is 18.2 Å². The van der Waals surface area contributed by atoms with Crippen LogP contribution in [0.5, 0.6) is 0 Å². The van der Waals surface area contributed by atoms with Crippen LogP contribution in [0, 0.1) is 0 Å². The van der Waals surface area contributed by atoms with Crippen molar-refractivity contribution in [2.24, 2.45) is 0 Å². The van der Waals surface area contributed by atoms with Crippen molar-refractivity contribution in [2.75, 3.05) is 5.73 Å². The van der Waals surface area contributed by atoms with Crippen LogP contribution in [0.25, 0.3) is 11.4 Å². The van der Waals surface area contributed by atoms with Gasteiger partial charge in [-0.2, -0.15) is 0 Å². The van der Waals surface area contributed by atoms with Crippen molar-refractivity contribution in [1.82, 2.24) is 9.97 Å². The van der Waals surface area contributed by atoms with E-state index < -0.39 is 0 Å². The van der Waals surface area contributed by atoms with Gasteiger partial charge in [-0.3, -0.25) is 0 Å². The first-order chi connectivity index (χ1) is 9.15. The van der Waals surface area contributed by atoms with Crippen LogP contribution in [-0.2, 0) is 12.8 Å². The van der Waals surface area contributed by atoms with Crippen molar-refractivity contribution in [3.8, 4) is 11.4 Å². The number of rotatable bonds is 1. The molecule has 0 atom stereocenters. The second kappa shape index (κ2) is 4.99. The summed E-state index contributed by atoms with van der Waals surface area (Å²) >= 11 is 12.1. The number of nitrogens with two attached hydrogens (primary N) is 1. The van der Waals surface area contributed by atoms with Gasteiger partial charge < -0.3 is 5.73 Å². The van der Waals surface area contributed by atoms with Gasteiger partial charge >= 0.3 is 0 Å². The molecule has 2 aromatic rings. The van der Waals surface area contributed by atoms with Crippen LogP contribution >= 0.6 is 23.2 Å². The Labute approximate surface area is 121 Å². The molecule has 0 saturated heterocycles. The molecule has 0 saturated carbocycles. The third kappa shape index (κ3) is 2.40. The Kier molecular flexibility index (Phi) is 3.33. The summed E-state index contributed by atoms with van der Waals surface area (Å²) in [7, 11) is 0. The molecule has 0 radical (unpaired) electrons. The van der Waals surface area contributed by atoms with Gasteiger partial charge in [0.05, 0.1) is 5.02 Å². The summed E-state index contributed by atoms with van der Waals surface area (Å²) in [5.74, 6) is 1.16. The Hall–Kier alpha value is -1.32. The van der Waals surface area contributed by atoms with Crippen LogP contribution in [-0.4, -0.2) is 9.97 Å². The van der Waals surface area contributed by atoms with Gasteiger partial charge in [-0.15, -0.1) is 0 Å². The number of fused-ring (bicyclic) bond motifs is 1. The number of anilines is 1. The third-order valence-electron chi connectivity index (χ3n) is 3.39. The van der Waals surface area contributed by atoms with Gasteiger partial charge in [-0.25, -0.2) is 9.97 Å². The van der Waals surface area contributed by atoms with Gasteiger partial charge in [-0.1, -0.05) is 23.2 Å². The van der Waals surface area contributed by atoms with Crippen LogP contribution in [0.2, 0.25) is 10.0 Å². The minimum absolute atomic E-state index is 0.544. The number of halogens is 2. The lowest BCUT2D eigenvalue weighted by atomic mass is 9.96. The topological polar surface area (TPSA) is 51.8 Å². The fraction of sp³-hybridized carbons (Fsp3) is 0.286. The molecular formula is C14H13Cl2N3. The molecule has 0 spiro atoms. The molecule has 1 aromatic carbocycles. The minimum Gasteiger partial charge on any atom is -0.383 e. The molecule has 1 aromatic heterocycles. The molecule has 98 valence electrons. The first-order valence-corrected chi connectivity index (χ1v) is 7.01. The van der Waals surface area contributed by atoms with Gasteiger partial charge in [0.1, 0.15) is 5.82 Å². The maximum atomic E-state index is 6.19. The van der Waals surface area contributed by atoms with Gasteiger partial charge in [0.15, 0.2) is 5.82 Å². The summed E-state index contributed by atoms with van der Waals surface area (Å²) in [6, 6.07) is 5.30. The fourth-order valence-electron chi connectivity index (χ4n) is 2.41. The van der Waals surface area contributed by atoms with Crippen LogP contribution in [0.1, 0.15) is 24.1 Å². The van der Waals surface area contributed by atoms with E-state index in [0.29, 0.717) is 21.7 Å². The molecular weight excluding hydrogens is 281 g/mol. The van der Waals surface area contributed by atoms with E-state index >= 15 is 0 Å². The minimum atomic E-state index is 0.544. The van der Waals surface area contributed by atoms with Crippen LogP contribution < -0.4 is 5.73 Å². The van der Waals surface area contributed by atoms with E-state index in [1.807, 2.05) is 6.07 Å². The Bertz CT molecular complexity index is 641. The monoisotopic (exact) mass is 293 g/mol. The molecule has 19 heavy (non-hydrogen) atoms. The second-order valence-electron chi connectivity index (χ2n) is 4.69. The van der Waals surface area contributed by atoms with Crippen molar-refractivity contribution >= 4 is 29.0 Å². The largest absolute Gasteiger partial charge is 0.383 e. The van der Waals surface area contributed by atoms with Crippen molar-refractivity contribution in [1.29, 1.82) is 0 Å². The fourth-order valence-corrected chi connectivity index (χ4v) is 2.91. The molecule has 0 unspecified atom stereocenters. The first kappa shape index (κ1) is 12.7.